The number of benzene rings is 2. The molecule has 2 aromatic rings. The summed E-state index contributed by atoms with van der Waals surface area (Å²) in [6.45, 7) is 1.56. The van der Waals surface area contributed by atoms with Gasteiger partial charge in [0.1, 0.15) is 0 Å². The number of sulfonamides is 1. The molecular weight excluding hydrogens is 440 g/mol. The lowest BCUT2D eigenvalue weighted by Crippen LogP contribution is -2.46. The smallest absolute Gasteiger partial charge is 0.320 e. The predicted molar refractivity (Wildman–Crippen MR) is 112 cm³/mol. The molecule has 0 bridgehead atoms. The first kappa shape index (κ1) is 23.0. The van der Waals surface area contributed by atoms with Crippen LogP contribution in [-0.2, 0) is 26.0 Å². The van der Waals surface area contributed by atoms with Crippen molar-refractivity contribution in [1.29, 1.82) is 0 Å². The van der Waals surface area contributed by atoms with Crippen LogP contribution in [-0.4, -0.2) is 37.2 Å². The fraction of sp³-hybridized carbons (Fsp3) is 0.300. The molecule has 1 aliphatic carbocycles. The van der Waals surface area contributed by atoms with E-state index in [1.165, 1.54) is 0 Å². The molecule has 1 aliphatic rings. The van der Waals surface area contributed by atoms with E-state index in [1.54, 1.807) is 31.2 Å². The van der Waals surface area contributed by atoms with Crippen LogP contribution in [0.1, 0.15) is 35.7 Å². The van der Waals surface area contributed by atoms with E-state index in [0.717, 1.165) is 29.8 Å². The van der Waals surface area contributed by atoms with Crippen molar-refractivity contribution in [2.45, 2.75) is 36.6 Å². The normalized spacial score (nSPS) is 18.6. The van der Waals surface area contributed by atoms with Gasteiger partial charge in [-0.25, -0.2) is 8.42 Å². The largest absolute Gasteiger partial charge is 0.465 e. The van der Waals surface area contributed by atoms with Crippen LogP contribution in [0, 0.1) is 10.1 Å². The molecule has 0 fully saturated rings. The average molecular weight is 459 g/mol. The van der Waals surface area contributed by atoms with Crippen LogP contribution in [0.4, 0.5) is 5.69 Å². The number of hydrogen-bond donors (Lipinski definition) is 0. The second-order valence-corrected chi connectivity index (χ2v) is 8.50. The molecule has 1 atom stereocenters. The molecule has 1 unspecified atom stereocenters. The molecule has 0 saturated heterocycles. The molecule has 12 heteroatoms. The van der Waals surface area contributed by atoms with Crippen molar-refractivity contribution in [2.75, 3.05) is 6.61 Å². The Kier molecular flexibility index (Phi) is 6.63. The maximum absolute atomic E-state index is 13.3. The molecule has 32 heavy (non-hydrogen) atoms. The lowest BCUT2D eigenvalue weighted by atomic mass is 9.87. The molecule has 0 heterocycles. The van der Waals surface area contributed by atoms with Crippen molar-refractivity contribution in [2.24, 2.45) is 9.74 Å². The Balaban J connectivity index is 1.93. The number of carbonyl (C=O) groups is 2. The van der Waals surface area contributed by atoms with Crippen LogP contribution in [0.5, 0.6) is 0 Å². The van der Waals surface area contributed by atoms with Gasteiger partial charge in [0, 0.05) is 17.7 Å². The number of rotatable bonds is 7. The zero-order valence-electron chi connectivity index (χ0n) is 17.0. The van der Waals surface area contributed by atoms with Gasteiger partial charge in [-0.2, -0.15) is 0 Å². The van der Waals surface area contributed by atoms with E-state index < -0.39 is 32.2 Å². The van der Waals surface area contributed by atoms with Gasteiger partial charge in [0.2, 0.25) is 10.0 Å². The number of hydrogen-bond acceptors (Lipinski definition) is 8. The topological polar surface area (TPSA) is 159 Å². The minimum atomic E-state index is -4.38. The van der Waals surface area contributed by atoms with Crippen LogP contribution in [0.2, 0.25) is 0 Å². The van der Waals surface area contributed by atoms with E-state index in [4.69, 9.17) is 4.74 Å². The maximum Gasteiger partial charge on any atom is 0.320 e. The number of non-ortho nitro benzene ring substituents is 1. The molecule has 0 aromatic heterocycles. The summed E-state index contributed by atoms with van der Waals surface area (Å²) in [6, 6.07) is 10.8. The second kappa shape index (κ2) is 9.22. The maximum atomic E-state index is 13.3. The Morgan fingerprint density at radius 1 is 1.22 bits per heavy atom. The van der Waals surface area contributed by atoms with Crippen molar-refractivity contribution >= 4 is 27.5 Å². The molecule has 0 spiro atoms. The molecule has 3 rings (SSSR count). The first-order chi connectivity index (χ1) is 15.2. The number of ketones is 1. The van der Waals surface area contributed by atoms with E-state index in [9.17, 15) is 28.1 Å². The van der Waals surface area contributed by atoms with Gasteiger partial charge >= 0.3 is 5.97 Å². The summed E-state index contributed by atoms with van der Waals surface area (Å²) in [5.74, 6) is -1.58. The quantitative estimate of drug-likeness (QED) is 0.153. The Bertz CT molecular complexity index is 1180. The monoisotopic (exact) mass is 459 g/mol. The number of nitrogens with zero attached hydrogens (tertiary/aromatic N) is 4. The van der Waals surface area contributed by atoms with E-state index in [-0.39, 0.29) is 29.2 Å². The number of nitro groups is 1. The molecule has 0 N–H and O–H groups in total. The highest BCUT2D eigenvalue weighted by atomic mass is 32.2. The van der Waals surface area contributed by atoms with Crippen LogP contribution in [0.3, 0.4) is 0 Å². The van der Waals surface area contributed by atoms with Crippen LogP contribution in [0.25, 0.3) is 5.43 Å². The molecule has 0 radical (unpaired) electrons. The third kappa shape index (κ3) is 4.49. The fourth-order valence-corrected chi connectivity index (χ4v) is 4.05. The number of esters is 1. The van der Waals surface area contributed by atoms with Crippen LogP contribution < -0.4 is 0 Å². The minimum absolute atomic E-state index is 0.0106. The van der Waals surface area contributed by atoms with Crippen molar-refractivity contribution in [3.8, 4) is 0 Å². The molecule has 2 aromatic carbocycles. The Labute approximate surface area is 183 Å². The molecule has 11 nitrogen and oxygen atoms in total. The van der Waals surface area contributed by atoms with Crippen LogP contribution in [0.15, 0.2) is 63.2 Å². The van der Waals surface area contributed by atoms with Gasteiger partial charge in [-0.15, -0.1) is 0 Å². The zero-order valence-corrected chi connectivity index (χ0v) is 17.8. The van der Waals surface area contributed by atoms with Crippen molar-refractivity contribution in [3.63, 3.8) is 0 Å². The van der Waals surface area contributed by atoms with Crippen molar-refractivity contribution in [3.05, 3.63) is 75.2 Å². The van der Waals surface area contributed by atoms with Gasteiger partial charge in [0.25, 0.3) is 5.69 Å². The molecular formula is C20H19N4O7S-. The molecule has 168 valence electrons. The molecule has 0 aliphatic heterocycles. The minimum Gasteiger partial charge on any atom is -0.465 e. The van der Waals surface area contributed by atoms with E-state index in [2.05, 4.69) is 15.2 Å². The lowest BCUT2D eigenvalue weighted by molar-refractivity contribution is -0.384. The van der Waals surface area contributed by atoms with Gasteiger partial charge in [-0.3, -0.25) is 29.4 Å². The Morgan fingerprint density at radius 3 is 2.56 bits per heavy atom. The highest BCUT2D eigenvalue weighted by Gasteiger charge is 2.45. The Morgan fingerprint density at radius 2 is 1.91 bits per heavy atom. The van der Waals surface area contributed by atoms with Gasteiger partial charge in [0.05, 0.1) is 16.4 Å². The summed E-state index contributed by atoms with van der Waals surface area (Å²) in [7, 11) is -4.38. The summed E-state index contributed by atoms with van der Waals surface area (Å²) < 4.78 is 33.1. The average Bonchev–Trinajstić information content (AvgIpc) is 2.91. The first-order valence-electron chi connectivity index (χ1n) is 9.65. The van der Waals surface area contributed by atoms with Gasteiger partial charge in [-0.05, 0) is 43.9 Å². The summed E-state index contributed by atoms with van der Waals surface area (Å²) in [6.07, 6.45) is 0.905. The highest BCUT2D eigenvalue weighted by molar-refractivity contribution is 7.90. The standard InChI is InChI=1S/C20H19N4O7S/c1-2-31-19(26)20(13-5-7-14-6-3-4-8-17(14)18(20)25)21-22-23-32(29,30)16-11-9-15(10-12-16)24(27)28/h3-4,6,8-12H,2,5,7,13H2,1H3/q-1. The predicted octanol–water partition coefficient (Wildman–Crippen LogP) is 3.55. The number of aryl methyl sites for hydroxylation is 1. The number of Topliss-reactive ketones (excluding diaryl/α,β-unsaturated/α-hetero) is 1. The summed E-state index contributed by atoms with van der Waals surface area (Å²) in [5.41, 5.74) is 2.45. The van der Waals surface area contributed by atoms with Gasteiger partial charge < -0.3 is 10.2 Å². The number of carbonyl (C=O) groups excluding carboxylic acids is 2. The third-order valence-electron chi connectivity index (χ3n) is 4.94. The summed E-state index contributed by atoms with van der Waals surface area (Å²) >= 11 is 0. The van der Waals surface area contributed by atoms with E-state index >= 15 is 0 Å². The van der Waals surface area contributed by atoms with Crippen LogP contribution >= 0.6 is 0 Å². The number of fused-ring (bicyclic) bond motifs is 1. The summed E-state index contributed by atoms with van der Waals surface area (Å²) in [4.78, 5) is 35.8. The SMILES string of the molecule is CCOC(=O)C1([N-]/N=N/S(=O)(=O)c2ccc([N+](=O)[O-])cc2)CCCc2ccccc2C1=O. The van der Waals surface area contributed by atoms with Gasteiger partial charge in [-0.1, -0.05) is 24.3 Å². The van der Waals surface area contributed by atoms with E-state index in [0.29, 0.717) is 12.8 Å². The first-order valence-corrected chi connectivity index (χ1v) is 11.1. The Hall–Kier alpha value is -3.67. The van der Waals surface area contributed by atoms with Crippen molar-refractivity contribution in [1.82, 2.24) is 0 Å². The fourth-order valence-electron chi connectivity index (χ4n) is 3.34. The lowest BCUT2D eigenvalue weighted by Gasteiger charge is -2.32. The molecule has 0 amide bonds. The second-order valence-electron chi connectivity index (χ2n) is 6.92. The van der Waals surface area contributed by atoms with Crippen molar-refractivity contribution < 1.29 is 27.7 Å². The number of nitro benzene ring substituents is 1. The van der Waals surface area contributed by atoms with E-state index in [1.807, 2.05) is 0 Å². The third-order valence-corrected chi connectivity index (χ3v) is 6.10. The number of ether oxygens (including phenoxy) is 1. The van der Waals surface area contributed by atoms with Gasteiger partial charge in [0.15, 0.2) is 11.3 Å². The highest BCUT2D eigenvalue weighted by Crippen LogP contribution is 2.35. The molecule has 0 saturated carbocycles. The summed E-state index contributed by atoms with van der Waals surface area (Å²) in [5, 5.41) is 14.1. The zero-order chi connectivity index (χ0) is 23.4.